The third-order valence-electron chi connectivity index (χ3n) is 4.32. The van der Waals surface area contributed by atoms with Gasteiger partial charge in [-0.25, -0.2) is 0 Å². The molecule has 0 spiro atoms. The molecule has 1 saturated carbocycles. The minimum Gasteiger partial charge on any atom is -0.491 e. The van der Waals surface area contributed by atoms with E-state index in [1.807, 2.05) is 12.1 Å². The lowest BCUT2D eigenvalue weighted by molar-refractivity contribution is 0.0679. The van der Waals surface area contributed by atoms with Crippen molar-refractivity contribution in [3.63, 3.8) is 0 Å². The lowest BCUT2D eigenvalue weighted by Gasteiger charge is -2.16. The number of amides is 1. The zero-order valence-corrected chi connectivity index (χ0v) is 14.0. The van der Waals surface area contributed by atoms with Crippen LogP contribution >= 0.6 is 12.4 Å². The molecule has 1 heterocycles. The molecule has 3 N–H and O–H groups in total. The summed E-state index contributed by atoms with van der Waals surface area (Å²) in [5, 5.41) is 3.03. The van der Waals surface area contributed by atoms with Crippen LogP contribution in [0.5, 0.6) is 5.75 Å². The molecule has 0 aromatic heterocycles. The molecular formula is C17H25ClN2O3. The molecule has 128 valence electrons. The molecule has 2 fully saturated rings. The van der Waals surface area contributed by atoms with Crippen LogP contribution in [-0.4, -0.2) is 37.8 Å². The van der Waals surface area contributed by atoms with E-state index in [1.54, 1.807) is 12.1 Å². The van der Waals surface area contributed by atoms with Crippen molar-refractivity contribution in [2.24, 2.45) is 11.7 Å². The predicted octanol–water partition coefficient (Wildman–Crippen LogP) is 2.13. The predicted molar refractivity (Wildman–Crippen MR) is 91.2 cm³/mol. The molecule has 3 rings (SSSR count). The van der Waals surface area contributed by atoms with Gasteiger partial charge in [-0.05, 0) is 49.8 Å². The molecule has 6 heteroatoms. The maximum absolute atomic E-state index is 12.3. The average Bonchev–Trinajstić information content (AvgIpc) is 3.26. The highest BCUT2D eigenvalue weighted by atomic mass is 35.5. The first kappa shape index (κ1) is 18.0. The maximum atomic E-state index is 12.3. The van der Waals surface area contributed by atoms with Crippen LogP contribution in [0, 0.1) is 5.92 Å². The van der Waals surface area contributed by atoms with E-state index in [-0.39, 0.29) is 30.5 Å². The molecule has 1 aromatic rings. The lowest BCUT2D eigenvalue weighted by atomic mass is 10.1. The number of nitrogens with two attached hydrogens (primary N) is 1. The van der Waals surface area contributed by atoms with E-state index in [1.165, 1.54) is 0 Å². The topological polar surface area (TPSA) is 73.6 Å². The van der Waals surface area contributed by atoms with E-state index in [2.05, 4.69) is 5.32 Å². The summed E-state index contributed by atoms with van der Waals surface area (Å²) in [6.45, 7) is 1.85. The van der Waals surface area contributed by atoms with Crippen molar-refractivity contribution in [3.8, 4) is 5.75 Å². The fraction of sp³-hybridized carbons (Fsp3) is 0.588. The van der Waals surface area contributed by atoms with Gasteiger partial charge in [0.25, 0.3) is 5.91 Å². The van der Waals surface area contributed by atoms with Crippen molar-refractivity contribution >= 4 is 18.3 Å². The van der Waals surface area contributed by atoms with Gasteiger partial charge in [0.2, 0.25) is 0 Å². The van der Waals surface area contributed by atoms with Crippen LogP contribution in [0.2, 0.25) is 0 Å². The third kappa shape index (κ3) is 5.09. The largest absolute Gasteiger partial charge is 0.491 e. The van der Waals surface area contributed by atoms with Crippen LogP contribution in [0.15, 0.2) is 24.3 Å². The first-order valence-corrected chi connectivity index (χ1v) is 8.11. The molecule has 5 nitrogen and oxygen atoms in total. The molecule has 2 unspecified atom stereocenters. The van der Waals surface area contributed by atoms with E-state index >= 15 is 0 Å². The van der Waals surface area contributed by atoms with Crippen LogP contribution < -0.4 is 15.8 Å². The molecule has 1 aliphatic heterocycles. The van der Waals surface area contributed by atoms with Gasteiger partial charge in [0.15, 0.2) is 0 Å². The Bertz CT molecular complexity index is 516. The van der Waals surface area contributed by atoms with E-state index < -0.39 is 0 Å². The molecule has 2 aliphatic rings. The molecular weight excluding hydrogens is 316 g/mol. The summed E-state index contributed by atoms with van der Waals surface area (Å²) < 4.78 is 11.3. The van der Waals surface area contributed by atoms with Gasteiger partial charge < -0.3 is 20.5 Å². The Hall–Kier alpha value is -1.30. The second-order valence-corrected chi connectivity index (χ2v) is 6.13. The summed E-state index contributed by atoms with van der Waals surface area (Å²) in [5.41, 5.74) is 6.35. The highest BCUT2D eigenvalue weighted by Crippen LogP contribution is 2.32. The van der Waals surface area contributed by atoms with Crippen molar-refractivity contribution in [2.75, 3.05) is 19.8 Å². The second kappa shape index (κ2) is 8.52. The fourth-order valence-electron chi connectivity index (χ4n) is 2.81. The van der Waals surface area contributed by atoms with E-state index in [0.717, 1.165) is 32.3 Å². The summed E-state index contributed by atoms with van der Waals surface area (Å²) in [6.07, 6.45) is 4.63. The third-order valence-corrected chi connectivity index (χ3v) is 4.32. The monoisotopic (exact) mass is 340 g/mol. The van der Waals surface area contributed by atoms with Crippen molar-refractivity contribution in [2.45, 2.75) is 37.8 Å². The van der Waals surface area contributed by atoms with Gasteiger partial charge >= 0.3 is 0 Å². The molecule has 23 heavy (non-hydrogen) atoms. The number of nitrogens with one attached hydrogen (secondary N) is 1. The van der Waals surface area contributed by atoms with E-state index in [0.29, 0.717) is 30.4 Å². The van der Waals surface area contributed by atoms with Gasteiger partial charge in [0.1, 0.15) is 12.4 Å². The Morgan fingerprint density at radius 1 is 1.39 bits per heavy atom. The van der Waals surface area contributed by atoms with Gasteiger partial charge in [-0.1, -0.05) is 6.07 Å². The minimum atomic E-state index is -0.0788. The zero-order valence-electron chi connectivity index (χ0n) is 13.2. The fourth-order valence-corrected chi connectivity index (χ4v) is 2.81. The van der Waals surface area contributed by atoms with Crippen LogP contribution in [-0.2, 0) is 4.74 Å². The lowest BCUT2D eigenvalue weighted by Crippen LogP contribution is -2.41. The Morgan fingerprint density at radius 2 is 2.22 bits per heavy atom. The molecule has 0 bridgehead atoms. The Labute approximate surface area is 143 Å². The van der Waals surface area contributed by atoms with Gasteiger partial charge in [-0.3, -0.25) is 4.79 Å². The van der Waals surface area contributed by atoms with Crippen molar-refractivity contribution in [1.29, 1.82) is 0 Å². The smallest absolute Gasteiger partial charge is 0.251 e. The first-order chi connectivity index (χ1) is 10.8. The molecule has 1 amide bonds. The molecule has 2 atom stereocenters. The molecule has 1 aromatic carbocycles. The Balaban J connectivity index is 0.00000192. The second-order valence-electron chi connectivity index (χ2n) is 6.13. The van der Waals surface area contributed by atoms with Crippen LogP contribution in [0.1, 0.15) is 36.0 Å². The number of benzene rings is 1. The molecule has 1 aliphatic carbocycles. The number of carbonyl (C=O) groups is 1. The van der Waals surface area contributed by atoms with Crippen molar-refractivity contribution < 1.29 is 14.3 Å². The van der Waals surface area contributed by atoms with Crippen LogP contribution in [0.4, 0.5) is 0 Å². The van der Waals surface area contributed by atoms with Crippen molar-refractivity contribution in [1.82, 2.24) is 5.32 Å². The number of ether oxygens (including phenoxy) is 2. The van der Waals surface area contributed by atoms with Gasteiger partial charge in [-0.2, -0.15) is 0 Å². The molecule has 0 radical (unpaired) electrons. The minimum absolute atomic E-state index is 0. The number of hydrogen-bond acceptors (Lipinski definition) is 4. The highest BCUT2D eigenvalue weighted by molar-refractivity contribution is 5.94. The summed E-state index contributed by atoms with van der Waals surface area (Å²) >= 11 is 0. The maximum Gasteiger partial charge on any atom is 0.251 e. The van der Waals surface area contributed by atoms with E-state index in [9.17, 15) is 4.79 Å². The summed E-state index contributed by atoms with van der Waals surface area (Å²) in [5.74, 6) is 1.18. The quantitative estimate of drug-likeness (QED) is 0.797. The van der Waals surface area contributed by atoms with Gasteiger partial charge in [0.05, 0.1) is 6.10 Å². The number of carbonyl (C=O) groups excluding carboxylic acids is 1. The number of rotatable bonds is 7. The number of hydrogen-bond donors (Lipinski definition) is 2. The van der Waals surface area contributed by atoms with Gasteiger partial charge in [0, 0.05) is 24.8 Å². The highest BCUT2D eigenvalue weighted by Gasteiger charge is 2.31. The Morgan fingerprint density at radius 3 is 2.87 bits per heavy atom. The first-order valence-electron chi connectivity index (χ1n) is 8.11. The summed E-state index contributed by atoms with van der Waals surface area (Å²) in [4.78, 5) is 12.3. The van der Waals surface area contributed by atoms with Crippen molar-refractivity contribution in [3.05, 3.63) is 29.8 Å². The standard InChI is InChI=1S/C17H24N2O3.ClH/c18-10-16(12-6-7-12)19-17(20)13-3-1-4-14(9-13)22-11-15-5-2-8-21-15;/h1,3-4,9,12,15-16H,2,5-8,10-11,18H2,(H,19,20);1H. The summed E-state index contributed by atoms with van der Waals surface area (Å²) in [6, 6.07) is 7.38. The van der Waals surface area contributed by atoms with Crippen LogP contribution in [0.25, 0.3) is 0 Å². The van der Waals surface area contributed by atoms with Crippen LogP contribution in [0.3, 0.4) is 0 Å². The molecule has 1 saturated heterocycles. The number of halogens is 1. The summed E-state index contributed by atoms with van der Waals surface area (Å²) in [7, 11) is 0. The van der Waals surface area contributed by atoms with Gasteiger partial charge in [-0.15, -0.1) is 12.4 Å². The SMILES string of the molecule is Cl.NCC(NC(=O)c1cccc(OCC2CCCO2)c1)C1CC1. The normalized spacial score (nSPS) is 21.3. The average molecular weight is 341 g/mol. The Kier molecular flexibility index (Phi) is 6.69. The van der Waals surface area contributed by atoms with E-state index in [4.69, 9.17) is 15.2 Å². The zero-order chi connectivity index (χ0) is 15.4.